The van der Waals surface area contributed by atoms with E-state index in [4.69, 9.17) is 0 Å². The van der Waals surface area contributed by atoms with Gasteiger partial charge >= 0.3 is 0 Å². The smallest absolute Gasteiger partial charge is 0.227 e. The van der Waals surface area contributed by atoms with Crippen molar-refractivity contribution in [1.29, 1.82) is 0 Å². The quantitative estimate of drug-likeness (QED) is 0.834. The summed E-state index contributed by atoms with van der Waals surface area (Å²) in [6, 6.07) is 8.32. The third-order valence-electron chi connectivity index (χ3n) is 3.96. The molecule has 1 aliphatic rings. The molecule has 1 N–H and O–H groups in total. The van der Waals surface area contributed by atoms with E-state index in [-0.39, 0.29) is 11.8 Å². The molecule has 2 nitrogen and oxygen atoms in total. The molecule has 1 fully saturated rings. The Bertz CT molecular complexity index is 402. The van der Waals surface area contributed by atoms with Crippen LogP contribution in [0, 0.1) is 11.8 Å². The number of amides is 1. The third kappa shape index (κ3) is 4.38. The summed E-state index contributed by atoms with van der Waals surface area (Å²) in [6.45, 7) is 4.49. The number of hydrogen-bond donors (Lipinski definition) is 1. The highest BCUT2D eigenvalue weighted by molar-refractivity contribution is 5.92. The molecule has 0 bridgehead atoms. The fourth-order valence-electron chi connectivity index (χ4n) is 2.64. The molecule has 0 aromatic heterocycles. The molecule has 1 saturated carbocycles. The Hall–Kier alpha value is -1.31. The summed E-state index contributed by atoms with van der Waals surface area (Å²) in [5.74, 6) is 1.18. The van der Waals surface area contributed by atoms with E-state index in [0.29, 0.717) is 0 Å². The summed E-state index contributed by atoms with van der Waals surface area (Å²) < 4.78 is 0. The van der Waals surface area contributed by atoms with Crippen LogP contribution in [0.25, 0.3) is 0 Å². The molecule has 0 unspecified atom stereocenters. The van der Waals surface area contributed by atoms with Crippen LogP contribution < -0.4 is 5.32 Å². The maximum atomic E-state index is 12.0. The van der Waals surface area contributed by atoms with E-state index in [2.05, 4.69) is 31.3 Å². The minimum absolute atomic E-state index is 0.201. The first kappa shape index (κ1) is 14.1. The summed E-state index contributed by atoms with van der Waals surface area (Å²) in [6.07, 6.45) is 6.84. The summed E-state index contributed by atoms with van der Waals surface area (Å²) in [5, 5.41) is 3.04. The van der Waals surface area contributed by atoms with Crippen LogP contribution in [0.4, 0.5) is 5.69 Å². The van der Waals surface area contributed by atoms with Crippen molar-refractivity contribution in [2.75, 3.05) is 5.32 Å². The van der Waals surface area contributed by atoms with E-state index in [0.717, 1.165) is 30.9 Å². The number of hydrogen-bond acceptors (Lipinski definition) is 1. The number of nitrogens with one attached hydrogen (secondary N) is 1. The molecule has 0 heterocycles. The number of rotatable bonds is 5. The molecule has 1 aliphatic carbocycles. The average molecular weight is 259 g/mol. The summed E-state index contributed by atoms with van der Waals surface area (Å²) >= 11 is 0. The van der Waals surface area contributed by atoms with Crippen LogP contribution in [0.3, 0.4) is 0 Å². The standard InChI is InChI=1S/C17H25NO/c1-13(2)7-8-14-9-11-16(12-10-14)18-17(19)15-5-3-4-6-15/h9-13,15H,3-8H2,1-2H3,(H,18,19). The first-order valence-corrected chi connectivity index (χ1v) is 7.55. The summed E-state index contributed by atoms with van der Waals surface area (Å²) in [7, 11) is 0. The van der Waals surface area contributed by atoms with Crippen molar-refractivity contribution in [3.63, 3.8) is 0 Å². The second-order valence-electron chi connectivity index (χ2n) is 6.10. The zero-order valence-electron chi connectivity index (χ0n) is 12.1. The summed E-state index contributed by atoms with van der Waals surface area (Å²) in [5.41, 5.74) is 2.29. The van der Waals surface area contributed by atoms with Crippen LogP contribution in [-0.2, 0) is 11.2 Å². The Labute approximate surface area is 116 Å². The van der Waals surface area contributed by atoms with E-state index >= 15 is 0 Å². The first-order valence-electron chi connectivity index (χ1n) is 7.55. The maximum absolute atomic E-state index is 12.0. The van der Waals surface area contributed by atoms with Crippen LogP contribution in [-0.4, -0.2) is 5.91 Å². The van der Waals surface area contributed by atoms with E-state index in [9.17, 15) is 4.79 Å². The molecule has 0 radical (unpaired) electrons. The normalized spacial score (nSPS) is 15.9. The van der Waals surface area contributed by atoms with Gasteiger partial charge in [0, 0.05) is 11.6 Å². The van der Waals surface area contributed by atoms with Gasteiger partial charge in [-0.15, -0.1) is 0 Å². The first-order chi connectivity index (χ1) is 9.15. The Morgan fingerprint density at radius 2 is 1.84 bits per heavy atom. The van der Waals surface area contributed by atoms with Gasteiger partial charge in [-0.05, 0) is 49.3 Å². The Morgan fingerprint density at radius 1 is 1.21 bits per heavy atom. The van der Waals surface area contributed by atoms with Gasteiger partial charge in [0.1, 0.15) is 0 Å². The predicted molar refractivity (Wildman–Crippen MR) is 80.2 cm³/mol. The van der Waals surface area contributed by atoms with Crippen molar-refractivity contribution in [2.45, 2.75) is 52.4 Å². The van der Waals surface area contributed by atoms with Crippen LogP contribution >= 0.6 is 0 Å². The average Bonchev–Trinajstić information content (AvgIpc) is 2.92. The Morgan fingerprint density at radius 3 is 2.42 bits per heavy atom. The lowest BCUT2D eigenvalue weighted by molar-refractivity contribution is -0.119. The molecule has 0 aliphatic heterocycles. The lowest BCUT2D eigenvalue weighted by atomic mass is 10.0. The molecule has 1 amide bonds. The molecule has 2 heteroatoms. The predicted octanol–water partition coefficient (Wildman–Crippen LogP) is 4.40. The van der Waals surface area contributed by atoms with Gasteiger partial charge in [-0.2, -0.15) is 0 Å². The fourth-order valence-corrected chi connectivity index (χ4v) is 2.64. The topological polar surface area (TPSA) is 29.1 Å². The van der Waals surface area contributed by atoms with E-state index in [1.165, 1.54) is 24.8 Å². The van der Waals surface area contributed by atoms with E-state index in [1.54, 1.807) is 0 Å². The largest absolute Gasteiger partial charge is 0.326 e. The molecule has 1 aromatic rings. The summed E-state index contributed by atoms with van der Waals surface area (Å²) in [4.78, 5) is 12.0. The number of aryl methyl sites for hydroxylation is 1. The lowest BCUT2D eigenvalue weighted by Gasteiger charge is -2.11. The highest BCUT2D eigenvalue weighted by Crippen LogP contribution is 2.26. The maximum Gasteiger partial charge on any atom is 0.227 e. The highest BCUT2D eigenvalue weighted by Gasteiger charge is 2.22. The van der Waals surface area contributed by atoms with Gasteiger partial charge in [-0.1, -0.05) is 38.8 Å². The Balaban J connectivity index is 1.85. The van der Waals surface area contributed by atoms with Gasteiger partial charge in [-0.25, -0.2) is 0 Å². The van der Waals surface area contributed by atoms with Gasteiger partial charge in [0.25, 0.3) is 0 Å². The second kappa shape index (κ2) is 6.74. The molecule has 0 spiro atoms. The van der Waals surface area contributed by atoms with Gasteiger partial charge < -0.3 is 5.32 Å². The van der Waals surface area contributed by atoms with Gasteiger partial charge in [-0.3, -0.25) is 4.79 Å². The number of carbonyl (C=O) groups excluding carboxylic acids is 1. The molecule has 19 heavy (non-hydrogen) atoms. The number of benzene rings is 1. The molecule has 0 saturated heterocycles. The molecular weight excluding hydrogens is 234 g/mol. The SMILES string of the molecule is CC(C)CCc1ccc(NC(=O)C2CCCC2)cc1. The van der Waals surface area contributed by atoms with E-state index < -0.39 is 0 Å². The minimum atomic E-state index is 0.201. The van der Waals surface area contributed by atoms with Crippen LogP contribution in [0.5, 0.6) is 0 Å². The number of anilines is 1. The van der Waals surface area contributed by atoms with Crippen LogP contribution in [0.2, 0.25) is 0 Å². The molecule has 0 atom stereocenters. The zero-order valence-corrected chi connectivity index (χ0v) is 12.1. The Kier molecular flexibility index (Phi) is 5.00. The van der Waals surface area contributed by atoms with Crippen LogP contribution in [0.1, 0.15) is 51.5 Å². The van der Waals surface area contributed by atoms with Crippen LogP contribution in [0.15, 0.2) is 24.3 Å². The van der Waals surface area contributed by atoms with Gasteiger partial charge in [0.2, 0.25) is 5.91 Å². The third-order valence-corrected chi connectivity index (χ3v) is 3.96. The molecular formula is C17H25NO. The van der Waals surface area contributed by atoms with Crippen molar-refractivity contribution in [3.8, 4) is 0 Å². The van der Waals surface area contributed by atoms with Gasteiger partial charge in [0.15, 0.2) is 0 Å². The van der Waals surface area contributed by atoms with Gasteiger partial charge in [0.05, 0.1) is 0 Å². The monoisotopic (exact) mass is 259 g/mol. The highest BCUT2D eigenvalue weighted by atomic mass is 16.1. The second-order valence-corrected chi connectivity index (χ2v) is 6.10. The molecule has 1 aromatic carbocycles. The molecule has 2 rings (SSSR count). The van der Waals surface area contributed by atoms with Crippen molar-refractivity contribution in [3.05, 3.63) is 29.8 Å². The van der Waals surface area contributed by atoms with Crippen molar-refractivity contribution >= 4 is 11.6 Å². The lowest BCUT2D eigenvalue weighted by Crippen LogP contribution is -2.20. The van der Waals surface area contributed by atoms with Crippen molar-refractivity contribution in [2.24, 2.45) is 11.8 Å². The fraction of sp³-hybridized carbons (Fsp3) is 0.588. The minimum Gasteiger partial charge on any atom is -0.326 e. The number of carbonyl (C=O) groups is 1. The van der Waals surface area contributed by atoms with Crippen molar-refractivity contribution < 1.29 is 4.79 Å². The molecule has 104 valence electrons. The zero-order chi connectivity index (χ0) is 13.7. The van der Waals surface area contributed by atoms with E-state index in [1.807, 2.05) is 12.1 Å². The van der Waals surface area contributed by atoms with Crippen molar-refractivity contribution in [1.82, 2.24) is 0 Å².